The highest BCUT2D eigenvalue weighted by Crippen LogP contribution is 2.26. The molecule has 0 radical (unpaired) electrons. The van der Waals surface area contributed by atoms with Crippen molar-refractivity contribution in [3.8, 4) is 11.3 Å². The molecular formula is C22H18ClN3O. The molecule has 2 aromatic carbocycles. The lowest BCUT2D eigenvalue weighted by atomic mass is 10.1. The number of hydrogen-bond donors (Lipinski definition) is 1. The van der Waals surface area contributed by atoms with Crippen molar-refractivity contribution in [2.75, 3.05) is 0 Å². The van der Waals surface area contributed by atoms with Gasteiger partial charge in [-0.2, -0.15) is 0 Å². The Morgan fingerprint density at radius 3 is 2.52 bits per heavy atom. The number of nitrogens with one attached hydrogen (secondary N) is 1. The van der Waals surface area contributed by atoms with Crippen LogP contribution in [-0.2, 0) is 6.54 Å². The highest BCUT2D eigenvalue weighted by Gasteiger charge is 2.15. The zero-order valence-corrected chi connectivity index (χ0v) is 15.6. The summed E-state index contributed by atoms with van der Waals surface area (Å²) >= 11 is 6.19. The molecule has 0 aliphatic carbocycles. The van der Waals surface area contributed by atoms with E-state index in [9.17, 15) is 4.79 Å². The molecule has 134 valence electrons. The van der Waals surface area contributed by atoms with Crippen molar-refractivity contribution in [3.63, 3.8) is 0 Å². The molecule has 0 saturated carbocycles. The normalized spacial score (nSPS) is 10.9. The van der Waals surface area contributed by atoms with E-state index in [1.165, 1.54) is 5.56 Å². The average molecular weight is 376 g/mol. The van der Waals surface area contributed by atoms with Crippen molar-refractivity contribution in [1.82, 2.24) is 14.7 Å². The number of aromatic nitrogens is 2. The fraction of sp³-hybridized carbons (Fsp3) is 0.0909. The van der Waals surface area contributed by atoms with Gasteiger partial charge in [0.05, 0.1) is 23.0 Å². The van der Waals surface area contributed by atoms with Gasteiger partial charge in [-0.25, -0.2) is 4.98 Å². The number of carbonyl (C=O) groups is 1. The minimum atomic E-state index is -0.123. The molecule has 4 rings (SSSR count). The van der Waals surface area contributed by atoms with Crippen molar-refractivity contribution in [2.45, 2.75) is 13.5 Å². The summed E-state index contributed by atoms with van der Waals surface area (Å²) in [7, 11) is 0. The van der Waals surface area contributed by atoms with Crippen LogP contribution in [0.5, 0.6) is 0 Å². The van der Waals surface area contributed by atoms with E-state index in [2.05, 4.69) is 17.4 Å². The van der Waals surface area contributed by atoms with Gasteiger partial charge in [-0.05, 0) is 31.2 Å². The van der Waals surface area contributed by atoms with Crippen molar-refractivity contribution >= 4 is 23.2 Å². The molecule has 0 spiro atoms. The number of carbonyl (C=O) groups excluding carboxylic acids is 1. The summed E-state index contributed by atoms with van der Waals surface area (Å²) < 4.78 is 1.93. The second-order valence-corrected chi connectivity index (χ2v) is 6.83. The number of benzene rings is 2. The third-order valence-corrected chi connectivity index (χ3v) is 4.68. The van der Waals surface area contributed by atoms with Gasteiger partial charge in [-0.3, -0.25) is 4.79 Å². The quantitative estimate of drug-likeness (QED) is 0.551. The Labute approximate surface area is 162 Å². The first kappa shape index (κ1) is 17.3. The molecule has 4 nitrogen and oxygen atoms in total. The summed E-state index contributed by atoms with van der Waals surface area (Å²) in [5.74, 6) is -0.123. The predicted molar refractivity (Wildman–Crippen MR) is 108 cm³/mol. The second-order valence-electron chi connectivity index (χ2n) is 6.40. The van der Waals surface area contributed by atoms with E-state index in [-0.39, 0.29) is 5.91 Å². The maximum absolute atomic E-state index is 12.5. The summed E-state index contributed by atoms with van der Waals surface area (Å²) in [5, 5.41) is 3.61. The number of nitrogens with zero attached hydrogens (tertiary/aromatic N) is 2. The molecule has 5 heteroatoms. The van der Waals surface area contributed by atoms with Crippen LogP contribution in [0.15, 0.2) is 72.9 Å². The van der Waals surface area contributed by atoms with Gasteiger partial charge in [0.1, 0.15) is 5.65 Å². The van der Waals surface area contributed by atoms with E-state index in [4.69, 9.17) is 16.6 Å². The third kappa shape index (κ3) is 3.57. The standard InChI is InChI=1S/C22H18ClN3O/c1-15-7-9-16(10-8-15)21-19(26-14-18(23)11-12-20(26)25-21)13-24-22(27)17-5-3-2-4-6-17/h2-12,14H,13H2,1H3,(H,24,27). The van der Waals surface area contributed by atoms with Crippen LogP contribution in [-0.4, -0.2) is 15.3 Å². The molecule has 0 unspecified atom stereocenters. The maximum atomic E-state index is 12.5. The maximum Gasteiger partial charge on any atom is 0.251 e. The Bertz CT molecular complexity index is 1100. The molecular weight excluding hydrogens is 358 g/mol. The molecule has 2 heterocycles. The SMILES string of the molecule is Cc1ccc(-c2nc3ccc(Cl)cn3c2CNC(=O)c2ccccc2)cc1. The number of halogens is 1. The van der Waals surface area contributed by atoms with Crippen LogP contribution in [0.2, 0.25) is 5.02 Å². The average Bonchev–Trinajstić information content (AvgIpc) is 3.05. The fourth-order valence-corrected chi connectivity index (χ4v) is 3.20. The number of pyridine rings is 1. The molecule has 0 bridgehead atoms. The number of hydrogen-bond acceptors (Lipinski definition) is 2. The Morgan fingerprint density at radius 1 is 1.04 bits per heavy atom. The van der Waals surface area contributed by atoms with Crippen LogP contribution < -0.4 is 5.32 Å². The lowest BCUT2D eigenvalue weighted by Gasteiger charge is -2.08. The molecule has 0 aliphatic heterocycles. The smallest absolute Gasteiger partial charge is 0.251 e. The molecule has 0 atom stereocenters. The second kappa shape index (κ2) is 7.25. The minimum Gasteiger partial charge on any atom is -0.346 e. The van der Waals surface area contributed by atoms with Crippen molar-refractivity contribution < 1.29 is 4.79 Å². The van der Waals surface area contributed by atoms with Gasteiger partial charge in [0.2, 0.25) is 0 Å². The lowest BCUT2D eigenvalue weighted by molar-refractivity contribution is 0.0950. The Balaban J connectivity index is 1.73. The first-order chi connectivity index (χ1) is 13.1. The molecule has 4 aromatic rings. The predicted octanol–water partition coefficient (Wildman–Crippen LogP) is 4.89. The van der Waals surface area contributed by atoms with Crippen LogP contribution >= 0.6 is 11.6 Å². The van der Waals surface area contributed by atoms with Crippen molar-refractivity contribution in [2.24, 2.45) is 0 Å². The molecule has 1 amide bonds. The van der Waals surface area contributed by atoms with E-state index < -0.39 is 0 Å². The van der Waals surface area contributed by atoms with Gasteiger partial charge in [-0.1, -0.05) is 59.6 Å². The van der Waals surface area contributed by atoms with E-state index in [0.717, 1.165) is 22.6 Å². The molecule has 0 fully saturated rings. The van der Waals surface area contributed by atoms with Gasteiger partial charge in [0.15, 0.2) is 0 Å². The molecule has 27 heavy (non-hydrogen) atoms. The zero-order valence-electron chi connectivity index (χ0n) is 14.8. The Hall–Kier alpha value is -3.11. The number of aryl methyl sites for hydroxylation is 1. The summed E-state index contributed by atoms with van der Waals surface area (Å²) in [6.07, 6.45) is 1.82. The number of fused-ring (bicyclic) bond motifs is 1. The molecule has 0 aliphatic rings. The highest BCUT2D eigenvalue weighted by molar-refractivity contribution is 6.30. The number of rotatable bonds is 4. The Kier molecular flexibility index (Phi) is 4.65. The number of amides is 1. The first-order valence-electron chi connectivity index (χ1n) is 8.68. The lowest BCUT2D eigenvalue weighted by Crippen LogP contribution is -2.23. The summed E-state index contributed by atoms with van der Waals surface area (Å²) in [5.41, 5.74) is 5.33. The van der Waals surface area contributed by atoms with E-state index >= 15 is 0 Å². The highest BCUT2D eigenvalue weighted by atomic mass is 35.5. The van der Waals surface area contributed by atoms with Gasteiger partial charge >= 0.3 is 0 Å². The minimum absolute atomic E-state index is 0.123. The zero-order chi connectivity index (χ0) is 18.8. The number of imidazole rings is 1. The Morgan fingerprint density at radius 2 is 1.78 bits per heavy atom. The largest absolute Gasteiger partial charge is 0.346 e. The van der Waals surface area contributed by atoms with Crippen molar-refractivity contribution in [1.29, 1.82) is 0 Å². The van der Waals surface area contributed by atoms with Crippen LogP contribution in [0.3, 0.4) is 0 Å². The molecule has 0 saturated heterocycles. The first-order valence-corrected chi connectivity index (χ1v) is 9.06. The van der Waals surface area contributed by atoms with Crippen molar-refractivity contribution in [3.05, 3.63) is 94.8 Å². The molecule has 1 N–H and O–H groups in total. The summed E-state index contributed by atoms with van der Waals surface area (Å²) in [4.78, 5) is 17.2. The van der Waals surface area contributed by atoms with Crippen LogP contribution in [0, 0.1) is 6.92 Å². The molecule has 2 aromatic heterocycles. The van der Waals surface area contributed by atoms with E-state index in [0.29, 0.717) is 17.1 Å². The van der Waals surface area contributed by atoms with E-state index in [1.54, 1.807) is 12.1 Å². The van der Waals surface area contributed by atoms with Crippen LogP contribution in [0.25, 0.3) is 16.9 Å². The van der Waals surface area contributed by atoms with Gasteiger partial charge in [0.25, 0.3) is 5.91 Å². The monoisotopic (exact) mass is 375 g/mol. The van der Waals surface area contributed by atoms with Gasteiger partial charge < -0.3 is 9.72 Å². The topological polar surface area (TPSA) is 46.4 Å². The van der Waals surface area contributed by atoms with Crippen LogP contribution in [0.1, 0.15) is 21.6 Å². The summed E-state index contributed by atoms with van der Waals surface area (Å²) in [6.45, 7) is 2.40. The van der Waals surface area contributed by atoms with Gasteiger partial charge in [0, 0.05) is 17.3 Å². The van der Waals surface area contributed by atoms with Gasteiger partial charge in [-0.15, -0.1) is 0 Å². The summed E-state index contributed by atoms with van der Waals surface area (Å²) in [6, 6.07) is 21.1. The van der Waals surface area contributed by atoms with E-state index in [1.807, 2.05) is 60.0 Å². The van der Waals surface area contributed by atoms with Crippen LogP contribution in [0.4, 0.5) is 0 Å². The third-order valence-electron chi connectivity index (χ3n) is 4.46. The fourth-order valence-electron chi connectivity index (χ4n) is 3.03.